The molecule has 3 aromatic rings. The fourth-order valence-electron chi connectivity index (χ4n) is 2.58. The van der Waals surface area contributed by atoms with Crippen molar-refractivity contribution in [2.24, 2.45) is 0 Å². The number of aromatic nitrogens is 1. The highest BCUT2D eigenvalue weighted by molar-refractivity contribution is 6.40. The molecule has 0 atom stereocenters. The summed E-state index contributed by atoms with van der Waals surface area (Å²) in [5.41, 5.74) is 4.11. The van der Waals surface area contributed by atoms with Crippen LogP contribution in [0.1, 0.15) is 27.0 Å². The molecule has 0 aliphatic heterocycles. The minimum Gasteiger partial charge on any atom is -0.360 e. The van der Waals surface area contributed by atoms with E-state index in [0.29, 0.717) is 26.6 Å². The predicted molar refractivity (Wildman–Crippen MR) is 87.7 cm³/mol. The quantitative estimate of drug-likeness (QED) is 0.637. The predicted octanol–water partition coefficient (Wildman–Crippen LogP) is 5.32. The number of carbonyl (C=O) groups excluding carboxylic acids is 1. The van der Waals surface area contributed by atoms with Gasteiger partial charge in [0.05, 0.1) is 5.02 Å². The second-order valence-corrected chi connectivity index (χ2v) is 6.00. The molecule has 2 nitrogen and oxygen atoms in total. The maximum Gasteiger partial charge on any atom is 0.195 e. The SMILES string of the molecule is Cc1ccc(C(=O)c2c[nH]c3cc(Cl)cc(Cl)c23)c(C)c1. The molecule has 0 bridgehead atoms. The van der Waals surface area contributed by atoms with Crippen molar-refractivity contribution in [3.63, 3.8) is 0 Å². The molecule has 0 saturated carbocycles. The molecular formula is C17H13Cl2NO. The number of hydrogen-bond acceptors (Lipinski definition) is 1. The lowest BCUT2D eigenvalue weighted by Gasteiger charge is -2.06. The van der Waals surface area contributed by atoms with Gasteiger partial charge in [-0.05, 0) is 31.5 Å². The molecule has 21 heavy (non-hydrogen) atoms. The van der Waals surface area contributed by atoms with E-state index in [1.807, 2.05) is 32.0 Å². The zero-order chi connectivity index (χ0) is 15.1. The van der Waals surface area contributed by atoms with Crippen molar-refractivity contribution in [2.75, 3.05) is 0 Å². The van der Waals surface area contributed by atoms with Gasteiger partial charge in [0.15, 0.2) is 5.78 Å². The van der Waals surface area contributed by atoms with Gasteiger partial charge in [0.25, 0.3) is 0 Å². The van der Waals surface area contributed by atoms with Crippen LogP contribution in [-0.2, 0) is 0 Å². The van der Waals surface area contributed by atoms with Crippen LogP contribution in [0.3, 0.4) is 0 Å². The zero-order valence-electron chi connectivity index (χ0n) is 11.6. The molecule has 2 aromatic carbocycles. The number of hydrogen-bond donors (Lipinski definition) is 1. The lowest BCUT2D eigenvalue weighted by Crippen LogP contribution is -2.03. The third-order valence-corrected chi connectivity index (χ3v) is 4.08. The van der Waals surface area contributed by atoms with E-state index in [1.54, 1.807) is 18.3 Å². The zero-order valence-corrected chi connectivity index (χ0v) is 13.1. The summed E-state index contributed by atoms with van der Waals surface area (Å²) in [5, 5.41) is 1.73. The summed E-state index contributed by atoms with van der Waals surface area (Å²) in [6.45, 7) is 3.94. The molecule has 0 aliphatic rings. The molecule has 106 valence electrons. The summed E-state index contributed by atoms with van der Waals surface area (Å²) in [6, 6.07) is 9.21. The molecule has 0 amide bonds. The fraction of sp³-hybridized carbons (Fsp3) is 0.118. The van der Waals surface area contributed by atoms with Gasteiger partial charge in [-0.1, -0.05) is 47.0 Å². The van der Waals surface area contributed by atoms with Gasteiger partial charge in [0, 0.05) is 33.2 Å². The normalized spacial score (nSPS) is 11.0. The number of carbonyl (C=O) groups is 1. The van der Waals surface area contributed by atoms with Crippen molar-refractivity contribution in [1.82, 2.24) is 4.98 Å². The summed E-state index contributed by atoms with van der Waals surface area (Å²) < 4.78 is 0. The lowest BCUT2D eigenvalue weighted by atomic mass is 9.97. The number of benzene rings is 2. The smallest absolute Gasteiger partial charge is 0.195 e. The van der Waals surface area contributed by atoms with Crippen LogP contribution in [0.2, 0.25) is 10.0 Å². The third-order valence-electron chi connectivity index (χ3n) is 3.57. The fourth-order valence-corrected chi connectivity index (χ4v) is 3.17. The van der Waals surface area contributed by atoms with Crippen molar-refractivity contribution in [3.8, 4) is 0 Å². The molecule has 1 heterocycles. The van der Waals surface area contributed by atoms with Crippen LogP contribution < -0.4 is 0 Å². The topological polar surface area (TPSA) is 32.9 Å². The van der Waals surface area contributed by atoms with Crippen molar-refractivity contribution >= 4 is 39.9 Å². The number of halogens is 2. The first-order valence-corrected chi connectivity index (χ1v) is 7.31. The number of aromatic amines is 1. The third kappa shape index (κ3) is 2.45. The molecule has 4 heteroatoms. The van der Waals surface area contributed by atoms with Crippen molar-refractivity contribution in [2.45, 2.75) is 13.8 Å². The van der Waals surface area contributed by atoms with Gasteiger partial charge in [-0.15, -0.1) is 0 Å². The van der Waals surface area contributed by atoms with E-state index in [2.05, 4.69) is 4.98 Å². The van der Waals surface area contributed by atoms with Gasteiger partial charge < -0.3 is 4.98 Å². The Kier molecular flexibility index (Phi) is 3.52. The van der Waals surface area contributed by atoms with E-state index in [-0.39, 0.29) is 5.78 Å². The molecule has 0 radical (unpaired) electrons. The van der Waals surface area contributed by atoms with Crippen LogP contribution in [0.4, 0.5) is 0 Å². The van der Waals surface area contributed by atoms with Crippen LogP contribution in [0, 0.1) is 13.8 Å². The highest BCUT2D eigenvalue weighted by Crippen LogP contribution is 2.31. The van der Waals surface area contributed by atoms with Gasteiger partial charge in [-0.2, -0.15) is 0 Å². The highest BCUT2D eigenvalue weighted by Gasteiger charge is 2.18. The monoisotopic (exact) mass is 317 g/mol. The second-order valence-electron chi connectivity index (χ2n) is 5.16. The van der Waals surface area contributed by atoms with Crippen LogP contribution >= 0.6 is 23.2 Å². The van der Waals surface area contributed by atoms with Gasteiger partial charge in [0.1, 0.15) is 0 Å². The van der Waals surface area contributed by atoms with Crippen LogP contribution in [0.25, 0.3) is 10.9 Å². The highest BCUT2D eigenvalue weighted by atomic mass is 35.5. The van der Waals surface area contributed by atoms with Gasteiger partial charge in [-0.25, -0.2) is 0 Å². The Morgan fingerprint density at radius 3 is 2.52 bits per heavy atom. The van der Waals surface area contributed by atoms with E-state index >= 15 is 0 Å². The largest absolute Gasteiger partial charge is 0.360 e. The van der Waals surface area contributed by atoms with Crippen LogP contribution in [0.15, 0.2) is 36.5 Å². The summed E-state index contributed by atoms with van der Waals surface area (Å²) >= 11 is 12.2. The van der Waals surface area contributed by atoms with E-state index in [0.717, 1.165) is 16.6 Å². The molecule has 3 rings (SSSR count). The summed E-state index contributed by atoms with van der Waals surface area (Å²) in [7, 11) is 0. The Morgan fingerprint density at radius 1 is 1.05 bits per heavy atom. The lowest BCUT2D eigenvalue weighted by molar-refractivity contribution is 0.104. The van der Waals surface area contributed by atoms with Crippen LogP contribution in [-0.4, -0.2) is 10.8 Å². The average Bonchev–Trinajstić information content (AvgIpc) is 2.81. The molecule has 0 spiro atoms. The van der Waals surface area contributed by atoms with Gasteiger partial charge in [0.2, 0.25) is 0 Å². The van der Waals surface area contributed by atoms with E-state index in [4.69, 9.17) is 23.2 Å². The Hall–Kier alpha value is -1.77. The Balaban J connectivity index is 2.18. The van der Waals surface area contributed by atoms with Crippen LogP contribution in [0.5, 0.6) is 0 Å². The summed E-state index contributed by atoms with van der Waals surface area (Å²) in [4.78, 5) is 15.8. The van der Waals surface area contributed by atoms with E-state index in [9.17, 15) is 4.79 Å². The van der Waals surface area contributed by atoms with E-state index in [1.165, 1.54) is 0 Å². The van der Waals surface area contributed by atoms with Gasteiger partial charge >= 0.3 is 0 Å². The number of aryl methyl sites for hydroxylation is 2. The first kappa shape index (κ1) is 14.2. The van der Waals surface area contributed by atoms with Crippen molar-refractivity contribution in [1.29, 1.82) is 0 Å². The standard InChI is InChI=1S/C17H13Cl2NO/c1-9-3-4-12(10(2)5-9)17(21)13-8-20-15-7-11(18)6-14(19)16(13)15/h3-8,20H,1-2H3. The minimum atomic E-state index is -0.0389. The average molecular weight is 318 g/mol. The Morgan fingerprint density at radius 2 is 1.81 bits per heavy atom. The molecule has 1 N–H and O–H groups in total. The molecule has 1 aromatic heterocycles. The molecular weight excluding hydrogens is 305 g/mol. The number of fused-ring (bicyclic) bond motifs is 1. The second kappa shape index (κ2) is 5.21. The molecule has 0 fully saturated rings. The Bertz CT molecular complexity index is 865. The van der Waals surface area contributed by atoms with Gasteiger partial charge in [-0.3, -0.25) is 4.79 Å². The maximum atomic E-state index is 12.8. The number of nitrogens with one attached hydrogen (secondary N) is 1. The molecule has 0 unspecified atom stereocenters. The Labute approximate surface area is 132 Å². The van der Waals surface area contributed by atoms with E-state index < -0.39 is 0 Å². The van der Waals surface area contributed by atoms with Crippen molar-refractivity contribution in [3.05, 3.63) is 68.8 Å². The number of ketones is 1. The van der Waals surface area contributed by atoms with Crippen molar-refractivity contribution < 1.29 is 4.79 Å². The minimum absolute atomic E-state index is 0.0389. The first-order chi connectivity index (χ1) is 9.97. The molecule has 0 aliphatic carbocycles. The molecule has 0 saturated heterocycles. The summed E-state index contributed by atoms with van der Waals surface area (Å²) in [6.07, 6.45) is 1.69. The first-order valence-electron chi connectivity index (χ1n) is 6.55. The number of H-pyrrole nitrogens is 1. The number of rotatable bonds is 2. The summed E-state index contributed by atoms with van der Waals surface area (Å²) in [5.74, 6) is -0.0389. The maximum absolute atomic E-state index is 12.8.